The Bertz CT molecular complexity index is 822. The highest BCUT2D eigenvalue weighted by Gasteiger charge is 1.97. The molecule has 1 N–H and O–H groups in total. The van der Waals surface area contributed by atoms with E-state index in [4.69, 9.17) is 16.3 Å². The molecular weight excluding hydrogens is 322 g/mol. The van der Waals surface area contributed by atoms with Crippen LogP contribution in [0.15, 0.2) is 77.9 Å². The third-order valence-corrected chi connectivity index (χ3v) is 3.42. The molecule has 1 aromatic heterocycles. The standard InChI is InChI=1S/C19H16ClN3O/c20-18-10-5-11-19(22-18)23-21-13-16-8-4-9-17(12-16)24-14-15-6-2-1-3-7-15/h1-13H,14H2,(H,22,23)/b21-13+. The number of anilines is 1. The molecule has 0 aliphatic heterocycles. The normalized spacial score (nSPS) is 10.7. The molecule has 0 radical (unpaired) electrons. The number of aromatic nitrogens is 1. The van der Waals surface area contributed by atoms with E-state index in [0.717, 1.165) is 16.9 Å². The fourth-order valence-corrected chi connectivity index (χ4v) is 2.23. The van der Waals surface area contributed by atoms with Crippen molar-refractivity contribution in [2.75, 3.05) is 5.43 Å². The summed E-state index contributed by atoms with van der Waals surface area (Å²) in [6.07, 6.45) is 1.71. The molecule has 0 saturated heterocycles. The van der Waals surface area contributed by atoms with Crippen molar-refractivity contribution in [3.8, 4) is 5.75 Å². The van der Waals surface area contributed by atoms with Crippen molar-refractivity contribution in [1.29, 1.82) is 0 Å². The second-order valence-corrected chi connectivity index (χ2v) is 5.45. The summed E-state index contributed by atoms with van der Waals surface area (Å²) in [6, 6.07) is 23.1. The van der Waals surface area contributed by atoms with Gasteiger partial charge in [0.1, 0.15) is 23.3 Å². The monoisotopic (exact) mass is 337 g/mol. The van der Waals surface area contributed by atoms with E-state index in [1.54, 1.807) is 18.3 Å². The van der Waals surface area contributed by atoms with Crippen molar-refractivity contribution >= 4 is 23.6 Å². The lowest BCUT2D eigenvalue weighted by atomic mass is 10.2. The molecule has 0 saturated carbocycles. The van der Waals surface area contributed by atoms with Crippen LogP contribution in [0, 0.1) is 0 Å². The number of hydrogen-bond acceptors (Lipinski definition) is 4. The Hall–Kier alpha value is -2.85. The molecule has 4 nitrogen and oxygen atoms in total. The van der Waals surface area contributed by atoms with E-state index in [1.807, 2.05) is 60.7 Å². The molecule has 0 spiro atoms. The first-order chi connectivity index (χ1) is 11.8. The van der Waals surface area contributed by atoms with Gasteiger partial charge in [-0.25, -0.2) is 4.98 Å². The van der Waals surface area contributed by atoms with Gasteiger partial charge < -0.3 is 4.74 Å². The van der Waals surface area contributed by atoms with Gasteiger partial charge in [-0.3, -0.25) is 5.43 Å². The second kappa shape index (κ2) is 8.13. The molecule has 0 bridgehead atoms. The first-order valence-electron chi connectivity index (χ1n) is 7.48. The number of hydrazone groups is 1. The van der Waals surface area contributed by atoms with E-state index >= 15 is 0 Å². The van der Waals surface area contributed by atoms with Gasteiger partial charge in [0.05, 0.1) is 6.21 Å². The molecule has 0 aliphatic rings. The Balaban J connectivity index is 1.59. The summed E-state index contributed by atoms with van der Waals surface area (Å²) in [7, 11) is 0. The summed E-state index contributed by atoms with van der Waals surface area (Å²) in [5, 5.41) is 4.58. The van der Waals surface area contributed by atoms with Crippen LogP contribution in [0.1, 0.15) is 11.1 Å². The van der Waals surface area contributed by atoms with Gasteiger partial charge in [-0.05, 0) is 35.4 Å². The molecule has 0 amide bonds. The van der Waals surface area contributed by atoms with Crippen LogP contribution in [-0.4, -0.2) is 11.2 Å². The first-order valence-corrected chi connectivity index (χ1v) is 7.86. The van der Waals surface area contributed by atoms with Crippen LogP contribution in [0.2, 0.25) is 5.15 Å². The predicted octanol–water partition coefficient (Wildman–Crippen LogP) is 4.76. The number of nitrogens with one attached hydrogen (secondary N) is 1. The molecule has 3 aromatic rings. The molecule has 0 fully saturated rings. The van der Waals surface area contributed by atoms with Gasteiger partial charge in [-0.2, -0.15) is 5.10 Å². The Morgan fingerprint density at radius 3 is 2.67 bits per heavy atom. The lowest BCUT2D eigenvalue weighted by Gasteiger charge is -2.06. The third-order valence-electron chi connectivity index (χ3n) is 3.21. The van der Waals surface area contributed by atoms with Gasteiger partial charge in [-0.1, -0.05) is 60.1 Å². The molecule has 5 heteroatoms. The van der Waals surface area contributed by atoms with Crippen molar-refractivity contribution in [2.24, 2.45) is 5.10 Å². The number of benzene rings is 2. The van der Waals surface area contributed by atoms with Crippen LogP contribution >= 0.6 is 11.6 Å². The Labute approximate surface area is 145 Å². The maximum absolute atomic E-state index is 5.83. The highest BCUT2D eigenvalue weighted by Crippen LogP contribution is 2.14. The third kappa shape index (κ3) is 4.83. The summed E-state index contributed by atoms with van der Waals surface area (Å²) in [5.41, 5.74) is 4.90. The predicted molar refractivity (Wildman–Crippen MR) is 97.7 cm³/mol. The summed E-state index contributed by atoms with van der Waals surface area (Å²) in [5.74, 6) is 1.39. The fraction of sp³-hybridized carbons (Fsp3) is 0.0526. The molecule has 2 aromatic carbocycles. The van der Waals surface area contributed by atoms with Gasteiger partial charge in [0.15, 0.2) is 0 Å². The van der Waals surface area contributed by atoms with E-state index in [9.17, 15) is 0 Å². The van der Waals surface area contributed by atoms with Crippen molar-refractivity contribution in [3.63, 3.8) is 0 Å². The average Bonchev–Trinajstić information content (AvgIpc) is 2.61. The second-order valence-electron chi connectivity index (χ2n) is 5.06. The number of ether oxygens (including phenoxy) is 1. The zero-order valence-electron chi connectivity index (χ0n) is 12.9. The van der Waals surface area contributed by atoms with E-state index < -0.39 is 0 Å². The van der Waals surface area contributed by atoms with Gasteiger partial charge in [0, 0.05) is 0 Å². The topological polar surface area (TPSA) is 46.5 Å². The average molecular weight is 338 g/mol. The van der Waals surface area contributed by atoms with E-state index in [2.05, 4.69) is 15.5 Å². The molecule has 3 rings (SSSR count). The molecule has 120 valence electrons. The zero-order chi connectivity index (χ0) is 16.6. The lowest BCUT2D eigenvalue weighted by Crippen LogP contribution is -1.96. The first kappa shape index (κ1) is 16.0. The van der Waals surface area contributed by atoms with Gasteiger partial charge >= 0.3 is 0 Å². The van der Waals surface area contributed by atoms with Crippen LogP contribution in [0.5, 0.6) is 5.75 Å². The summed E-state index contributed by atoms with van der Waals surface area (Å²) in [6.45, 7) is 0.534. The maximum atomic E-state index is 5.83. The molecule has 0 atom stereocenters. The van der Waals surface area contributed by atoms with Crippen molar-refractivity contribution in [1.82, 2.24) is 4.98 Å². The van der Waals surface area contributed by atoms with Crippen molar-refractivity contribution in [3.05, 3.63) is 89.1 Å². The van der Waals surface area contributed by atoms with Crippen LogP contribution < -0.4 is 10.2 Å². The summed E-state index contributed by atoms with van der Waals surface area (Å²) in [4.78, 5) is 4.10. The van der Waals surface area contributed by atoms with Crippen LogP contribution in [0.4, 0.5) is 5.82 Å². The van der Waals surface area contributed by atoms with Gasteiger partial charge in [0.2, 0.25) is 0 Å². The largest absolute Gasteiger partial charge is 0.489 e. The van der Waals surface area contributed by atoms with Gasteiger partial charge in [0.25, 0.3) is 0 Å². The number of hydrogen-bond donors (Lipinski definition) is 1. The Morgan fingerprint density at radius 1 is 1.00 bits per heavy atom. The zero-order valence-corrected chi connectivity index (χ0v) is 13.6. The minimum atomic E-state index is 0.423. The summed E-state index contributed by atoms with van der Waals surface area (Å²) < 4.78 is 5.80. The molecule has 0 aliphatic carbocycles. The van der Waals surface area contributed by atoms with Gasteiger partial charge in [-0.15, -0.1) is 0 Å². The minimum absolute atomic E-state index is 0.423. The van der Waals surface area contributed by atoms with Crippen LogP contribution in [-0.2, 0) is 6.61 Å². The van der Waals surface area contributed by atoms with Crippen molar-refractivity contribution in [2.45, 2.75) is 6.61 Å². The lowest BCUT2D eigenvalue weighted by molar-refractivity contribution is 0.306. The van der Waals surface area contributed by atoms with Crippen LogP contribution in [0.3, 0.4) is 0 Å². The highest BCUT2D eigenvalue weighted by atomic mass is 35.5. The molecule has 0 unspecified atom stereocenters. The summed E-state index contributed by atoms with van der Waals surface area (Å²) >= 11 is 5.83. The number of rotatable bonds is 6. The molecule has 1 heterocycles. The van der Waals surface area contributed by atoms with Crippen molar-refractivity contribution < 1.29 is 4.74 Å². The Kier molecular flexibility index (Phi) is 5.43. The van der Waals surface area contributed by atoms with E-state index in [1.165, 1.54) is 0 Å². The van der Waals surface area contributed by atoms with E-state index in [0.29, 0.717) is 17.6 Å². The molecular formula is C19H16ClN3O. The maximum Gasteiger partial charge on any atom is 0.147 e. The highest BCUT2D eigenvalue weighted by molar-refractivity contribution is 6.29. The Morgan fingerprint density at radius 2 is 1.83 bits per heavy atom. The minimum Gasteiger partial charge on any atom is -0.489 e. The number of pyridine rings is 1. The number of halogens is 1. The quantitative estimate of drug-likeness (QED) is 0.401. The number of nitrogens with zero attached hydrogens (tertiary/aromatic N) is 2. The SMILES string of the molecule is Clc1cccc(N/N=C/c2cccc(OCc3ccccc3)c2)n1. The molecule has 24 heavy (non-hydrogen) atoms. The fourth-order valence-electron chi connectivity index (χ4n) is 2.07. The van der Waals surface area contributed by atoms with Crippen LogP contribution in [0.25, 0.3) is 0 Å². The van der Waals surface area contributed by atoms with E-state index in [-0.39, 0.29) is 0 Å². The smallest absolute Gasteiger partial charge is 0.147 e.